The quantitative estimate of drug-likeness (QED) is 0.860. The zero-order valence-corrected chi connectivity index (χ0v) is 13.0. The van der Waals surface area contributed by atoms with E-state index in [1.165, 1.54) is 25.1 Å². The molecule has 116 valence electrons. The number of furan rings is 1. The highest BCUT2D eigenvalue weighted by Gasteiger charge is 2.33. The molecule has 0 saturated carbocycles. The summed E-state index contributed by atoms with van der Waals surface area (Å²) in [6.07, 6.45) is 3.18. The van der Waals surface area contributed by atoms with E-state index < -0.39 is 5.97 Å². The van der Waals surface area contributed by atoms with Crippen LogP contribution in [0.5, 0.6) is 0 Å². The van der Waals surface area contributed by atoms with Crippen LogP contribution in [-0.4, -0.2) is 23.2 Å². The number of hydrogen-bond donors (Lipinski definition) is 1. The van der Waals surface area contributed by atoms with Crippen molar-refractivity contribution in [3.63, 3.8) is 0 Å². The number of methoxy groups -OCH3 is 1. The van der Waals surface area contributed by atoms with Crippen molar-refractivity contribution in [1.82, 2.24) is 0 Å². The molecule has 1 N–H and O–H groups in total. The van der Waals surface area contributed by atoms with Crippen molar-refractivity contribution in [2.75, 3.05) is 7.11 Å². The molecule has 0 unspecified atom stereocenters. The third-order valence-corrected chi connectivity index (χ3v) is 4.10. The van der Waals surface area contributed by atoms with Gasteiger partial charge in [0.2, 0.25) is 0 Å². The zero-order chi connectivity index (χ0) is 16.2. The summed E-state index contributed by atoms with van der Waals surface area (Å²) in [5.41, 5.74) is 0.739. The first-order chi connectivity index (χ1) is 11.2. The van der Waals surface area contributed by atoms with Gasteiger partial charge < -0.3 is 14.3 Å². The van der Waals surface area contributed by atoms with E-state index >= 15 is 0 Å². The lowest BCUT2D eigenvalue weighted by Gasteiger charge is -2.01. The molecule has 1 aliphatic rings. The van der Waals surface area contributed by atoms with Crippen LogP contribution in [-0.2, 0) is 9.53 Å². The molecule has 1 aliphatic heterocycles. The van der Waals surface area contributed by atoms with Gasteiger partial charge in [0, 0.05) is 0 Å². The lowest BCUT2D eigenvalue weighted by atomic mass is 10.2. The Morgan fingerprint density at radius 2 is 2.04 bits per heavy atom. The van der Waals surface area contributed by atoms with Crippen molar-refractivity contribution in [3.8, 4) is 0 Å². The zero-order valence-electron chi connectivity index (χ0n) is 12.2. The van der Waals surface area contributed by atoms with E-state index in [4.69, 9.17) is 9.15 Å². The molecule has 0 bridgehead atoms. The molecule has 6 heteroatoms. The maximum absolute atomic E-state index is 12.0. The fourth-order valence-corrected chi connectivity index (χ4v) is 3.03. The predicted octanol–water partition coefficient (Wildman–Crippen LogP) is 4.08. The maximum atomic E-state index is 12.0. The number of hydrogen-bond acceptors (Lipinski definition) is 6. The largest absolute Gasteiger partial charge is 0.506 e. The highest BCUT2D eigenvalue weighted by molar-refractivity contribution is 8.18. The number of ether oxygens (including phenoxy) is 1. The van der Waals surface area contributed by atoms with Crippen LogP contribution < -0.4 is 0 Å². The number of aliphatic hydroxyl groups excluding tert-OH is 1. The van der Waals surface area contributed by atoms with E-state index in [1.807, 2.05) is 30.3 Å². The normalized spacial score (nSPS) is 18.0. The minimum atomic E-state index is -0.632. The van der Waals surface area contributed by atoms with Crippen molar-refractivity contribution < 1.29 is 19.1 Å². The monoisotopic (exact) mass is 327 g/mol. The Hall–Kier alpha value is -2.73. The number of esters is 1. The summed E-state index contributed by atoms with van der Waals surface area (Å²) in [6, 6.07) is 12.7. The van der Waals surface area contributed by atoms with Gasteiger partial charge in [-0.3, -0.25) is 0 Å². The van der Waals surface area contributed by atoms with Crippen LogP contribution in [0.1, 0.15) is 5.76 Å². The van der Waals surface area contributed by atoms with Crippen LogP contribution >= 0.6 is 11.8 Å². The maximum Gasteiger partial charge on any atom is 0.344 e. The third kappa shape index (κ3) is 3.22. The molecular formula is C17H13NO4S. The summed E-state index contributed by atoms with van der Waals surface area (Å²) in [5, 5.41) is 10.8. The van der Waals surface area contributed by atoms with E-state index in [0.717, 1.165) is 0 Å². The first kappa shape index (κ1) is 15.2. The van der Waals surface area contributed by atoms with Crippen molar-refractivity contribution in [2.45, 2.75) is 0 Å². The van der Waals surface area contributed by atoms with Crippen molar-refractivity contribution in [3.05, 3.63) is 70.7 Å². The Balaban J connectivity index is 2.04. The molecule has 1 aromatic heterocycles. The second kappa shape index (κ2) is 6.58. The smallest absolute Gasteiger partial charge is 0.344 e. The summed E-state index contributed by atoms with van der Waals surface area (Å²) >= 11 is 1.19. The third-order valence-electron chi connectivity index (χ3n) is 3.08. The van der Waals surface area contributed by atoms with Crippen LogP contribution in [0.25, 0.3) is 6.08 Å². The molecular weight excluding hydrogens is 314 g/mol. The average molecular weight is 327 g/mol. The number of carbonyl (C=O) groups excluding carboxylic acids is 1. The van der Waals surface area contributed by atoms with E-state index in [2.05, 4.69) is 4.99 Å². The summed E-state index contributed by atoms with van der Waals surface area (Å²) in [6.45, 7) is 0. The Morgan fingerprint density at radius 3 is 2.70 bits per heavy atom. The van der Waals surface area contributed by atoms with Crippen LogP contribution in [0.3, 0.4) is 0 Å². The Bertz CT molecular complexity index is 804. The van der Waals surface area contributed by atoms with Gasteiger partial charge in [-0.1, -0.05) is 30.0 Å². The molecule has 0 spiro atoms. The highest BCUT2D eigenvalue weighted by Crippen LogP contribution is 2.40. The number of benzene rings is 1. The van der Waals surface area contributed by atoms with Crippen LogP contribution in [0.2, 0.25) is 0 Å². The minimum Gasteiger partial charge on any atom is -0.506 e. The molecule has 2 heterocycles. The molecule has 5 nitrogen and oxygen atoms in total. The summed E-state index contributed by atoms with van der Waals surface area (Å²) in [7, 11) is 1.27. The van der Waals surface area contributed by atoms with E-state index in [0.29, 0.717) is 21.4 Å². The van der Waals surface area contributed by atoms with Crippen molar-refractivity contribution >= 4 is 34.5 Å². The fourth-order valence-electron chi connectivity index (χ4n) is 2.01. The molecule has 0 radical (unpaired) electrons. The Labute approximate surface area is 137 Å². The van der Waals surface area contributed by atoms with Crippen LogP contribution in [0, 0.1) is 0 Å². The van der Waals surface area contributed by atoms with Gasteiger partial charge in [-0.05, 0) is 30.3 Å². The van der Waals surface area contributed by atoms with Gasteiger partial charge in [-0.2, -0.15) is 0 Å². The first-order valence-electron chi connectivity index (χ1n) is 6.78. The van der Waals surface area contributed by atoms with Crippen LogP contribution in [0.4, 0.5) is 5.69 Å². The second-order valence-corrected chi connectivity index (χ2v) is 5.62. The number of para-hydroxylation sites is 1. The van der Waals surface area contributed by atoms with Gasteiger partial charge in [0.15, 0.2) is 0 Å². The van der Waals surface area contributed by atoms with Gasteiger partial charge in [-0.15, -0.1) is 0 Å². The molecule has 0 saturated heterocycles. The standard InChI is InChI=1S/C17H13NO4S/c1-21-17(20)14-15(19)13(10-12-8-5-9-22-12)23-16(14)18-11-6-3-2-4-7-11/h2-10,19H,1H3. The summed E-state index contributed by atoms with van der Waals surface area (Å²) < 4.78 is 9.99. The van der Waals surface area contributed by atoms with Gasteiger partial charge in [0.05, 0.1) is 24.0 Å². The minimum absolute atomic E-state index is 0.0548. The molecule has 3 rings (SSSR count). The topological polar surface area (TPSA) is 72.0 Å². The SMILES string of the molecule is COC(=O)C1=C(O)C(=Cc2ccco2)SC1=Nc1ccccc1. The molecule has 0 fully saturated rings. The van der Waals surface area contributed by atoms with Gasteiger partial charge in [-0.25, -0.2) is 9.79 Å². The molecule has 0 amide bonds. The van der Waals surface area contributed by atoms with Crippen LogP contribution in [0.15, 0.2) is 74.4 Å². The van der Waals surface area contributed by atoms with Gasteiger partial charge >= 0.3 is 5.97 Å². The van der Waals surface area contributed by atoms with Gasteiger partial charge in [0.25, 0.3) is 0 Å². The number of aliphatic imine (C=N–C) groups is 1. The first-order valence-corrected chi connectivity index (χ1v) is 7.60. The molecule has 23 heavy (non-hydrogen) atoms. The summed E-state index contributed by atoms with van der Waals surface area (Å²) in [4.78, 5) is 16.9. The molecule has 0 aliphatic carbocycles. The molecule has 2 aromatic rings. The van der Waals surface area contributed by atoms with Crippen molar-refractivity contribution in [2.24, 2.45) is 4.99 Å². The highest BCUT2D eigenvalue weighted by atomic mass is 32.2. The second-order valence-electron chi connectivity index (χ2n) is 4.59. The predicted molar refractivity (Wildman–Crippen MR) is 89.5 cm³/mol. The summed E-state index contributed by atoms with van der Waals surface area (Å²) in [5.74, 6) is -0.218. The molecule has 1 aromatic carbocycles. The van der Waals surface area contributed by atoms with E-state index in [-0.39, 0.29) is 11.3 Å². The van der Waals surface area contributed by atoms with Gasteiger partial charge in [0.1, 0.15) is 22.1 Å². The van der Waals surface area contributed by atoms with E-state index in [1.54, 1.807) is 18.2 Å². The Kier molecular flexibility index (Phi) is 4.34. The number of nitrogens with zero attached hydrogens (tertiary/aromatic N) is 1. The Morgan fingerprint density at radius 1 is 1.26 bits per heavy atom. The fraction of sp³-hybridized carbons (Fsp3) is 0.0588. The lowest BCUT2D eigenvalue weighted by Crippen LogP contribution is -2.10. The number of thioether (sulfide) groups is 1. The van der Waals surface area contributed by atoms with E-state index in [9.17, 15) is 9.90 Å². The molecule has 0 atom stereocenters. The number of carbonyl (C=O) groups is 1. The lowest BCUT2D eigenvalue weighted by molar-refractivity contribution is -0.135. The number of rotatable bonds is 3. The number of aliphatic hydroxyl groups is 1. The van der Waals surface area contributed by atoms with Crippen molar-refractivity contribution in [1.29, 1.82) is 0 Å². The average Bonchev–Trinajstić information content (AvgIpc) is 3.17.